The van der Waals surface area contributed by atoms with Crippen LogP contribution in [0.3, 0.4) is 0 Å². The second kappa shape index (κ2) is 6.00. The minimum atomic E-state index is -4.55. The molecule has 0 saturated heterocycles. The van der Waals surface area contributed by atoms with E-state index in [1.54, 1.807) is 0 Å². The zero-order valence-electron chi connectivity index (χ0n) is 12.7. The number of aliphatic hydroxyl groups excluding tert-OH is 1. The van der Waals surface area contributed by atoms with E-state index in [2.05, 4.69) is 15.0 Å². The highest BCUT2D eigenvalue weighted by molar-refractivity contribution is 7.51. The first-order valence-electron chi connectivity index (χ1n) is 7.05. The van der Waals surface area contributed by atoms with Crippen molar-refractivity contribution in [3.8, 4) is 0 Å². The van der Waals surface area contributed by atoms with Gasteiger partial charge in [0.15, 0.2) is 11.2 Å². The van der Waals surface area contributed by atoms with Crippen LogP contribution in [0.1, 0.15) is 12.5 Å². The summed E-state index contributed by atoms with van der Waals surface area (Å²) in [6.45, 7) is -0.825. The summed E-state index contributed by atoms with van der Waals surface area (Å²) in [7, 11) is -4.55. The first-order valence-corrected chi connectivity index (χ1v) is 8.84. The van der Waals surface area contributed by atoms with Crippen LogP contribution in [-0.2, 0) is 9.30 Å². The molecule has 0 aromatic carbocycles. The number of rotatable bonds is 5. The maximum Gasteiger partial charge on any atom is 0.351 e. The average molecular weight is 375 g/mol. The van der Waals surface area contributed by atoms with E-state index in [1.165, 1.54) is 10.9 Å². The Morgan fingerprint density at radius 2 is 2.28 bits per heavy atom. The number of nitrogens with zero attached hydrogens (tertiary/aromatic N) is 3. The lowest BCUT2D eigenvalue weighted by atomic mass is 10.0. The van der Waals surface area contributed by atoms with E-state index in [0.717, 1.165) is 6.08 Å². The van der Waals surface area contributed by atoms with Gasteiger partial charge in [-0.15, -0.1) is 0 Å². The summed E-state index contributed by atoms with van der Waals surface area (Å²) in [6, 6.07) is -0.748. The third-order valence-electron chi connectivity index (χ3n) is 3.89. The smallest absolute Gasteiger partial charge is 0.351 e. The van der Waals surface area contributed by atoms with Crippen molar-refractivity contribution < 1.29 is 28.6 Å². The first-order chi connectivity index (χ1) is 11.6. The van der Waals surface area contributed by atoms with Gasteiger partial charge in [-0.25, -0.2) is 9.37 Å². The average Bonchev–Trinajstić information content (AvgIpc) is 3.06. The molecule has 11 nitrogen and oxygen atoms in total. The zero-order chi connectivity index (χ0) is 18.4. The van der Waals surface area contributed by atoms with Crippen molar-refractivity contribution in [3.63, 3.8) is 0 Å². The number of nitrogen functional groups attached to an aromatic ring is 1. The lowest BCUT2D eigenvalue weighted by Crippen LogP contribution is -2.36. The Labute approximate surface area is 139 Å². The Morgan fingerprint density at radius 1 is 1.56 bits per heavy atom. The summed E-state index contributed by atoms with van der Waals surface area (Å²) in [6.07, 6.45) is 1.15. The largest absolute Gasteiger partial charge is 0.393 e. The van der Waals surface area contributed by atoms with Crippen molar-refractivity contribution in [3.05, 3.63) is 28.6 Å². The van der Waals surface area contributed by atoms with Crippen LogP contribution in [0.25, 0.3) is 11.2 Å². The molecule has 2 aromatic rings. The maximum atomic E-state index is 14.4. The van der Waals surface area contributed by atoms with Gasteiger partial charge in [-0.3, -0.25) is 14.3 Å². The van der Waals surface area contributed by atoms with Crippen LogP contribution < -0.4 is 11.3 Å². The van der Waals surface area contributed by atoms with Gasteiger partial charge in [-0.2, -0.15) is 4.98 Å². The SMILES string of the molecule is Nc1nc2c(ncn2C2C=C(F)[C@@](CO)(OCP(=O)(O)O)C2)c(=O)[nH]1. The van der Waals surface area contributed by atoms with Gasteiger partial charge in [0.05, 0.1) is 19.0 Å². The molecule has 13 heteroatoms. The summed E-state index contributed by atoms with van der Waals surface area (Å²) in [5.41, 5.74) is 3.16. The van der Waals surface area contributed by atoms with Crippen LogP contribution in [0.15, 0.2) is 23.0 Å². The molecular weight excluding hydrogens is 360 g/mol. The third-order valence-corrected chi connectivity index (χ3v) is 4.35. The monoisotopic (exact) mass is 375 g/mol. The van der Waals surface area contributed by atoms with E-state index in [9.17, 15) is 18.9 Å². The second-order valence-corrected chi connectivity index (χ2v) is 7.24. The third kappa shape index (κ3) is 3.22. The van der Waals surface area contributed by atoms with Gasteiger partial charge in [0.25, 0.3) is 5.56 Å². The van der Waals surface area contributed by atoms with Crippen molar-refractivity contribution in [2.45, 2.75) is 18.1 Å². The number of allylic oxidation sites excluding steroid dienone is 1. The summed E-state index contributed by atoms with van der Waals surface area (Å²) in [4.78, 5) is 39.8. The molecule has 3 rings (SSSR count). The van der Waals surface area contributed by atoms with Gasteiger partial charge in [0.2, 0.25) is 5.95 Å². The van der Waals surface area contributed by atoms with Crippen molar-refractivity contribution >= 4 is 24.7 Å². The summed E-state index contributed by atoms with van der Waals surface area (Å²) in [5, 5.41) is 9.53. The number of fused-ring (bicyclic) bond motifs is 1. The number of nitrogens with one attached hydrogen (secondary N) is 1. The fourth-order valence-electron chi connectivity index (χ4n) is 2.70. The summed E-state index contributed by atoms with van der Waals surface area (Å²) < 4.78 is 31.8. The van der Waals surface area contributed by atoms with E-state index in [-0.39, 0.29) is 23.5 Å². The molecule has 136 valence electrons. The van der Waals surface area contributed by atoms with Crippen LogP contribution in [-0.4, -0.2) is 53.0 Å². The van der Waals surface area contributed by atoms with Crippen LogP contribution in [0, 0.1) is 0 Å². The number of hydrogen-bond acceptors (Lipinski definition) is 7. The number of imidazole rings is 1. The molecule has 2 aromatic heterocycles. The van der Waals surface area contributed by atoms with Crippen molar-refractivity contribution in [2.24, 2.45) is 0 Å². The standard InChI is InChI=1S/C12H15FN5O6P/c13-7-1-6(2-12(7,3-19)24-5-25(21,22)23)18-4-15-8-9(18)16-11(14)17-10(8)20/h1,4,6,19H,2-3,5H2,(H2,21,22,23)(H3,14,16,17,20)/t6?,12-/m1/s1. The van der Waals surface area contributed by atoms with E-state index in [1.807, 2.05) is 0 Å². The van der Waals surface area contributed by atoms with E-state index in [4.69, 9.17) is 20.3 Å². The number of halogens is 1. The fraction of sp³-hybridized carbons (Fsp3) is 0.417. The van der Waals surface area contributed by atoms with Gasteiger partial charge in [0.1, 0.15) is 17.8 Å². The van der Waals surface area contributed by atoms with Crippen LogP contribution in [0.2, 0.25) is 0 Å². The number of H-pyrrole nitrogens is 1. The Balaban J connectivity index is 1.96. The Kier molecular flexibility index (Phi) is 4.25. The Hall–Kier alpha value is -2.11. The molecule has 1 aliphatic carbocycles. The Bertz CT molecular complexity index is 951. The van der Waals surface area contributed by atoms with Crippen LogP contribution >= 0.6 is 7.60 Å². The van der Waals surface area contributed by atoms with Gasteiger partial charge in [-0.1, -0.05) is 0 Å². The van der Waals surface area contributed by atoms with E-state index >= 15 is 0 Å². The highest BCUT2D eigenvalue weighted by Gasteiger charge is 2.45. The van der Waals surface area contributed by atoms with E-state index in [0.29, 0.717) is 0 Å². The van der Waals surface area contributed by atoms with Crippen molar-refractivity contribution in [2.75, 3.05) is 18.7 Å². The number of hydrogen-bond donors (Lipinski definition) is 5. The maximum absolute atomic E-state index is 14.4. The van der Waals surface area contributed by atoms with Gasteiger partial charge < -0.3 is 29.9 Å². The highest BCUT2D eigenvalue weighted by atomic mass is 31.2. The molecule has 0 amide bonds. The highest BCUT2D eigenvalue weighted by Crippen LogP contribution is 2.44. The molecule has 2 heterocycles. The molecule has 0 spiro atoms. The predicted octanol–water partition coefficient (Wildman–Crippen LogP) is -0.617. The van der Waals surface area contributed by atoms with Crippen LogP contribution in [0.5, 0.6) is 0 Å². The molecule has 0 saturated carbocycles. The molecule has 1 aliphatic rings. The molecule has 2 atom stereocenters. The Morgan fingerprint density at radius 3 is 2.92 bits per heavy atom. The predicted molar refractivity (Wildman–Crippen MR) is 83.2 cm³/mol. The second-order valence-electron chi connectivity index (χ2n) is 5.65. The molecule has 0 aliphatic heterocycles. The number of aromatic amines is 1. The number of aromatic nitrogens is 4. The zero-order valence-corrected chi connectivity index (χ0v) is 13.6. The molecule has 1 unspecified atom stereocenters. The van der Waals surface area contributed by atoms with Crippen LogP contribution in [0.4, 0.5) is 10.3 Å². The minimum Gasteiger partial charge on any atom is -0.393 e. The topological polar surface area (TPSA) is 177 Å². The number of nitrogens with two attached hydrogens (primary N) is 1. The molecule has 0 bridgehead atoms. The summed E-state index contributed by atoms with van der Waals surface area (Å²) in [5.74, 6) is -1.03. The molecule has 0 fully saturated rings. The molecule has 0 radical (unpaired) electrons. The van der Waals surface area contributed by atoms with Crippen molar-refractivity contribution in [1.82, 2.24) is 19.5 Å². The number of anilines is 1. The molecule has 25 heavy (non-hydrogen) atoms. The van der Waals surface area contributed by atoms with Gasteiger partial charge >= 0.3 is 7.60 Å². The minimum absolute atomic E-state index is 0.000595. The summed E-state index contributed by atoms with van der Waals surface area (Å²) >= 11 is 0. The normalized spacial score (nSPS) is 24.0. The number of aliphatic hydroxyl groups is 1. The fourth-order valence-corrected chi connectivity index (χ4v) is 3.12. The van der Waals surface area contributed by atoms with Crippen molar-refractivity contribution in [1.29, 1.82) is 0 Å². The molecular formula is C12H15FN5O6P. The lowest BCUT2D eigenvalue weighted by Gasteiger charge is -2.28. The van der Waals surface area contributed by atoms with E-state index < -0.39 is 43.6 Å². The van der Waals surface area contributed by atoms with Gasteiger partial charge in [-0.05, 0) is 6.08 Å². The first kappa shape index (κ1) is 17.7. The van der Waals surface area contributed by atoms with Gasteiger partial charge in [0, 0.05) is 6.42 Å². The molecule has 6 N–H and O–H groups in total. The number of ether oxygens (including phenoxy) is 1. The quantitative estimate of drug-likeness (QED) is 0.426. The lowest BCUT2D eigenvalue weighted by molar-refractivity contribution is -0.0534.